The number of hydrogen-bond acceptors (Lipinski definition) is 4. The van der Waals surface area contributed by atoms with Crippen LogP contribution < -0.4 is 9.47 Å². The standard InChI is InChI=1S/C16H23ClN2O2/c1-18-6-12-9-19(10-13(12)7-18)8-11-4-14(17)16(21-3)5-15(11)20-2/h4-5,12-13H,6-10H2,1-3H3/t12-,13+. The quantitative estimate of drug-likeness (QED) is 0.852. The molecule has 2 fully saturated rings. The summed E-state index contributed by atoms with van der Waals surface area (Å²) in [6, 6.07) is 3.85. The van der Waals surface area contributed by atoms with Gasteiger partial charge in [0.2, 0.25) is 0 Å². The molecule has 0 amide bonds. The molecule has 0 saturated carbocycles. The van der Waals surface area contributed by atoms with Crippen LogP contribution in [0.4, 0.5) is 0 Å². The van der Waals surface area contributed by atoms with Crippen LogP contribution in [-0.2, 0) is 6.54 Å². The van der Waals surface area contributed by atoms with Crippen molar-refractivity contribution in [3.05, 3.63) is 22.7 Å². The van der Waals surface area contributed by atoms with Crippen molar-refractivity contribution in [3.63, 3.8) is 0 Å². The van der Waals surface area contributed by atoms with Crippen LogP contribution in [0, 0.1) is 11.8 Å². The lowest BCUT2D eigenvalue weighted by atomic mass is 10.0. The fourth-order valence-corrected chi connectivity index (χ4v) is 4.00. The smallest absolute Gasteiger partial charge is 0.141 e. The molecule has 2 heterocycles. The second kappa shape index (κ2) is 6.03. The van der Waals surface area contributed by atoms with Crippen LogP contribution in [0.15, 0.2) is 12.1 Å². The van der Waals surface area contributed by atoms with E-state index in [2.05, 4.69) is 16.8 Å². The SMILES string of the molecule is COc1cc(OC)c(CN2C[C@H]3CN(C)C[C@H]3C2)cc1Cl. The van der Waals surface area contributed by atoms with Gasteiger partial charge in [-0.3, -0.25) is 4.90 Å². The van der Waals surface area contributed by atoms with E-state index in [9.17, 15) is 0 Å². The monoisotopic (exact) mass is 310 g/mol. The van der Waals surface area contributed by atoms with Crippen molar-refractivity contribution in [2.75, 3.05) is 47.4 Å². The molecule has 1 aromatic carbocycles. The molecule has 0 spiro atoms. The van der Waals surface area contributed by atoms with Crippen molar-refractivity contribution >= 4 is 11.6 Å². The predicted octanol–water partition coefficient (Wildman–Crippen LogP) is 2.35. The van der Waals surface area contributed by atoms with Crippen LogP contribution in [0.2, 0.25) is 5.02 Å². The third-order valence-corrected chi connectivity index (χ3v) is 4.99. The second-order valence-corrected chi connectivity index (χ2v) is 6.64. The van der Waals surface area contributed by atoms with E-state index >= 15 is 0 Å². The molecule has 2 atom stereocenters. The molecular formula is C16H23ClN2O2. The number of rotatable bonds is 4. The Balaban J connectivity index is 1.72. The summed E-state index contributed by atoms with van der Waals surface area (Å²) < 4.78 is 10.7. The van der Waals surface area contributed by atoms with Crippen LogP contribution in [0.5, 0.6) is 11.5 Å². The van der Waals surface area contributed by atoms with Crippen molar-refractivity contribution < 1.29 is 9.47 Å². The van der Waals surface area contributed by atoms with Crippen LogP contribution in [0.25, 0.3) is 0 Å². The van der Waals surface area contributed by atoms with E-state index in [1.165, 1.54) is 26.2 Å². The summed E-state index contributed by atoms with van der Waals surface area (Å²) in [6.07, 6.45) is 0. The molecule has 0 unspecified atom stereocenters. The molecule has 2 aliphatic rings. The normalized spacial score (nSPS) is 26.1. The number of ether oxygens (including phenoxy) is 2. The third-order valence-electron chi connectivity index (χ3n) is 4.69. The predicted molar refractivity (Wildman–Crippen MR) is 84.3 cm³/mol. The Bertz CT molecular complexity index is 509. The Labute approximate surface area is 131 Å². The van der Waals surface area contributed by atoms with Crippen LogP contribution in [0.3, 0.4) is 0 Å². The Hall–Kier alpha value is -0.970. The van der Waals surface area contributed by atoms with Gasteiger partial charge in [0.25, 0.3) is 0 Å². The highest BCUT2D eigenvalue weighted by molar-refractivity contribution is 6.32. The first-order valence-corrected chi connectivity index (χ1v) is 7.79. The molecular weight excluding hydrogens is 288 g/mol. The highest BCUT2D eigenvalue weighted by atomic mass is 35.5. The summed E-state index contributed by atoms with van der Waals surface area (Å²) in [5, 5.41) is 0.646. The Morgan fingerprint density at radius 3 is 2.24 bits per heavy atom. The first kappa shape index (κ1) is 14.9. The number of fused-ring (bicyclic) bond motifs is 1. The first-order chi connectivity index (χ1) is 10.1. The average Bonchev–Trinajstić information content (AvgIpc) is 2.95. The zero-order chi connectivity index (χ0) is 15.0. The van der Waals surface area contributed by atoms with Gasteiger partial charge in [0, 0.05) is 44.4 Å². The van der Waals surface area contributed by atoms with Gasteiger partial charge in [0.05, 0.1) is 19.2 Å². The van der Waals surface area contributed by atoms with Gasteiger partial charge in [-0.2, -0.15) is 0 Å². The average molecular weight is 311 g/mol. The molecule has 21 heavy (non-hydrogen) atoms. The fourth-order valence-electron chi connectivity index (χ4n) is 3.74. The number of likely N-dealkylation sites (tertiary alicyclic amines) is 2. The number of benzene rings is 1. The Morgan fingerprint density at radius 1 is 1.05 bits per heavy atom. The van der Waals surface area contributed by atoms with Gasteiger partial charge in [-0.05, 0) is 24.9 Å². The molecule has 1 aromatic rings. The summed E-state index contributed by atoms with van der Waals surface area (Å²) in [7, 11) is 5.53. The summed E-state index contributed by atoms with van der Waals surface area (Å²) >= 11 is 6.25. The van der Waals surface area contributed by atoms with Crippen molar-refractivity contribution in [2.45, 2.75) is 6.54 Å². The minimum Gasteiger partial charge on any atom is -0.496 e. The van der Waals surface area contributed by atoms with E-state index in [0.717, 1.165) is 29.7 Å². The zero-order valence-corrected chi connectivity index (χ0v) is 13.7. The highest BCUT2D eigenvalue weighted by Crippen LogP contribution is 2.36. The van der Waals surface area contributed by atoms with E-state index < -0.39 is 0 Å². The minimum atomic E-state index is 0.646. The molecule has 0 aliphatic carbocycles. The molecule has 3 rings (SSSR count). The lowest BCUT2D eigenvalue weighted by molar-refractivity contribution is 0.268. The summed E-state index contributed by atoms with van der Waals surface area (Å²) in [5.41, 5.74) is 1.14. The molecule has 0 N–H and O–H groups in total. The molecule has 5 heteroatoms. The van der Waals surface area contributed by atoms with E-state index in [0.29, 0.717) is 10.8 Å². The van der Waals surface area contributed by atoms with Crippen molar-refractivity contribution in [1.29, 1.82) is 0 Å². The van der Waals surface area contributed by atoms with E-state index in [-0.39, 0.29) is 0 Å². The van der Waals surface area contributed by atoms with Crippen molar-refractivity contribution in [3.8, 4) is 11.5 Å². The number of methoxy groups -OCH3 is 2. The van der Waals surface area contributed by atoms with Gasteiger partial charge >= 0.3 is 0 Å². The largest absolute Gasteiger partial charge is 0.496 e. The van der Waals surface area contributed by atoms with Gasteiger partial charge in [0.15, 0.2) is 0 Å². The summed E-state index contributed by atoms with van der Waals surface area (Å²) in [4.78, 5) is 4.96. The Morgan fingerprint density at radius 2 is 1.67 bits per heavy atom. The molecule has 0 aromatic heterocycles. The number of halogens is 1. The minimum absolute atomic E-state index is 0.646. The molecule has 0 bridgehead atoms. The zero-order valence-electron chi connectivity index (χ0n) is 12.9. The van der Waals surface area contributed by atoms with E-state index in [1.54, 1.807) is 14.2 Å². The third kappa shape index (κ3) is 2.98. The maximum Gasteiger partial charge on any atom is 0.141 e. The van der Waals surface area contributed by atoms with Gasteiger partial charge in [-0.25, -0.2) is 0 Å². The number of hydrogen-bond donors (Lipinski definition) is 0. The molecule has 4 nitrogen and oxygen atoms in total. The van der Waals surface area contributed by atoms with E-state index in [4.69, 9.17) is 21.1 Å². The highest BCUT2D eigenvalue weighted by Gasteiger charge is 2.38. The van der Waals surface area contributed by atoms with E-state index in [1.807, 2.05) is 12.1 Å². The van der Waals surface area contributed by atoms with Crippen molar-refractivity contribution in [2.24, 2.45) is 11.8 Å². The van der Waals surface area contributed by atoms with Gasteiger partial charge in [-0.1, -0.05) is 11.6 Å². The van der Waals surface area contributed by atoms with Crippen molar-refractivity contribution in [1.82, 2.24) is 9.80 Å². The van der Waals surface area contributed by atoms with Crippen LogP contribution in [-0.4, -0.2) is 57.2 Å². The second-order valence-electron chi connectivity index (χ2n) is 6.23. The molecule has 2 aliphatic heterocycles. The molecule has 2 saturated heterocycles. The summed E-state index contributed by atoms with van der Waals surface area (Å²) in [5.74, 6) is 3.15. The van der Waals surface area contributed by atoms with Crippen LogP contribution in [0.1, 0.15) is 5.56 Å². The topological polar surface area (TPSA) is 24.9 Å². The fraction of sp³-hybridized carbons (Fsp3) is 0.625. The molecule has 0 radical (unpaired) electrons. The lowest BCUT2D eigenvalue weighted by Gasteiger charge is -2.21. The maximum atomic E-state index is 6.25. The van der Waals surface area contributed by atoms with Gasteiger partial charge in [-0.15, -0.1) is 0 Å². The number of nitrogens with zero attached hydrogens (tertiary/aromatic N) is 2. The maximum absolute atomic E-state index is 6.25. The first-order valence-electron chi connectivity index (χ1n) is 7.42. The Kier molecular flexibility index (Phi) is 4.29. The van der Waals surface area contributed by atoms with Gasteiger partial charge < -0.3 is 14.4 Å². The molecule has 116 valence electrons. The summed E-state index contributed by atoms with van der Waals surface area (Å²) in [6.45, 7) is 5.68. The van der Waals surface area contributed by atoms with Crippen LogP contribution >= 0.6 is 11.6 Å². The lowest BCUT2D eigenvalue weighted by Crippen LogP contribution is -2.26. The van der Waals surface area contributed by atoms with Gasteiger partial charge in [0.1, 0.15) is 11.5 Å².